The third-order valence-corrected chi connectivity index (χ3v) is 5.44. The van der Waals surface area contributed by atoms with Gasteiger partial charge in [0.15, 0.2) is 5.96 Å². The number of halogens is 1. The molecule has 1 aromatic heterocycles. The van der Waals surface area contributed by atoms with Crippen molar-refractivity contribution in [3.05, 3.63) is 60.1 Å². The first-order chi connectivity index (χ1) is 14.3. The van der Waals surface area contributed by atoms with Gasteiger partial charge in [0.1, 0.15) is 5.76 Å². The fraction of sp³-hybridized carbons (Fsp3) is 0.522. The van der Waals surface area contributed by atoms with Crippen molar-refractivity contribution in [2.75, 3.05) is 26.2 Å². The molecule has 1 fully saturated rings. The Morgan fingerprint density at radius 1 is 1.20 bits per heavy atom. The molecule has 2 aromatic rings. The van der Waals surface area contributed by atoms with Gasteiger partial charge in [-0.25, -0.2) is 0 Å². The molecule has 30 heavy (non-hydrogen) atoms. The fourth-order valence-electron chi connectivity index (χ4n) is 3.61. The molecule has 0 saturated carbocycles. The second-order valence-corrected chi connectivity index (χ2v) is 7.67. The maximum atomic E-state index is 9.56. The van der Waals surface area contributed by atoms with Gasteiger partial charge in [0.25, 0.3) is 0 Å². The molecular weight excluding hydrogens is 491 g/mol. The van der Waals surface area contributed by atoms with Gasteiger partial charge < -0.3 is 20.2 Å². The van der Waals surface area contributed by atoms with Gasteiger partial charge >= 0.3 is 0 Å². The van der Waals surface area contributed by atoms with Crippen LogP contribution in [0.5, 0.6) is 0 Å². The summed E-state index contributed by atoms with van der Waals surface area (Å²) >= 11 is 0. The average molecular weight is 526 g/mol. The lowest BCUT2D eigenvalue weighted by Gasteiger charge is -2.33. The summed E-state index contributed by atoms with van der Waals surface area (Å²) in [4.78, 5) is 7.24. The van der Waals surface area contributed by atoms with E-state index in [9.17, 15) is 5.11 Å². The van der Waals surface area contributed by atoms with Crippen molar-refractivity contribution in [3.63, 3.8) is 0 Å². The number of nitrogens with zero attached hydrogens (tertiary/aromatic N) is 2. The maximum Gasteiger partial charge on any atom is 0.191 e. The lowest BCUT2D eigenvalue weighted by molar-refractivity contribution is 0.197. The third kappa shape index (κ3) is 8.28. The highest BCUT2D eigenvalue weighted by atomic mass is 127. The number of guanidine groups is 1. The van der Waals surface area contributed by atoms with Gasteiger partial charge in [-0.3, -0.25) is 9.89 Å². The minimum absolute atomic E-state index is 0. The van der Waals surface area contributed by atoms with Crippen LogP contribution in [0.4, 0.5) is 0 Å². The molecule has 0 unspecified atom stereocenters. The average Bonchev–Trinajstić information content (AvgIpc) is 3.27. The molecule has 6 nitrogen and oxygen atoms in total. The van der Waals surface area contributed by atoms with E-state index in [0.717, 1.165) is 57.0 Å². The van der Waals surface area contributed by atoms with E-state index in [4.69, 9.17) is 9.41 Å². The van der Waals surface area contributed by atoms with Crippen molar-refractivity contribution in [3.8, 4) is 0 Å². The first-order valence-electron chi connectivity index (χ1n) is 10.7. The lowest BCUT2D eigenvalue weighted by Crippen LogP contribution is -2.51. The molecule has 0 spiro atoms. The normalized spacial score (nSPS) is 16.7. The second-order valence-electron chi connectivity index (χ2n) is 7.67. The molecule has 0 bridgehead atoms. The number of aliphatic hydroxyl groups excluding tert-OH is 1. The van der Waals surface area contributed by atoms with Crippen LogP contribution in [0.25, 0.3) is 0 Å². The first-order valence-corrected chi connectivity index (χ1v) is 10.7. The highest BCUT2D eigenvalue weighted by Crippen LogP contribution is 2.14. The van der Waals surface area contributed by atoms with Crippen molar-refractivity contribution in [2.24, 2.45) is 4.99 Å². The summed E-state index contributed by atoms with van der Waals surface area (Å²) in [5.41, 5.74) is 1.37. The van der Waals surface area contributed by atoms with E-state index in [-0.39, 0.29) is 36.6 Å². The molecule has 0 amide bonds. The topological polar surface area (TPSA) is 73.0 Å². The molecule has 166 valence electrons. The molecule has 1 saturated heterocycles. The highest BCUT2D eigenvalue weighted by molar-refractivity contribution is 14.0. The van der Waals surface area contributed by atoms with Gasteiger partial charge in [-0.1, -0.05) is 37.3 Å². The molecule has 1 atom stereocenters. The number of aliphatic imine (C=N–C) groups is 1. The fourth-order valence-corrected chi connectivity index (χ4v) is 3.61. The van der Waals surface area contributed by atoms with Crippen molar-refractivity contribution in [1.29, 1.82) is 0 Å². The molecule has 1 aromatic carbocycles. The van der Waals surface area contributed by atoms with E-state index in [1.54, 1.807) is 6.26 Å². The highest BCUT2D eigenvalue weighted by Gasteiger charge is 2.21. The van der Waals surface area contributed by atoms with Crippen molar-refractivity contribution < 1.29 is 9.52 Å². The summed E-state index contributed by atoms with van der Waals surface area (Å²) in [5, 5.41) is 16.5. The number of piperidine rings is 1. The van der Waals surface area contributed by atoms with Crippen LogP contribution < -0.4 is 10.6 Å². The zero-order valence-corrected chi connectivity index (χ0v) is 20.1. The van der Waals surface area contributed by atoms with Gasteiger partial charge in [-0.2, -0.15) is 0 Å². The summed E-state index contributed by atoms with van der Waals surface area (Å²) in [6.45, 7) is 5.98. The van der Waals surface area contributed by atoms with Crippen LogP contribution in [0.2, 0.25) is 0 Å². The molecule has 0 aliphatic carbocycles. The zero-order chi connectivity index (χ0) is 20.3. The van der Waals surface area contributed by atoms with E-state index in [1.807, 2.05) is 12.1 Å². The Morgan fingerprint density at radius 3 is 2.60 bits per heavy atom. The summed E-state index contributed by atoms with van der Waals surface area (Å²) in [7, 11) is 0. The largest absolute Gasteiger partial charge is 0.469 e. The summed E-state index contributed by atoms with van der Waals surface area (Å²) in [5.74, 6) is 1.73. The van der Waals surface area contributed by atoms with E-state index < -0.39 is 0 Å². The van der Waals surface area contributed by atoms with E-state index in [1.165, 1.54) is 5.56 Å². The Bertz CT molecular complexity index is 712. The smallest absolute Gasteiger partial charge is 0.191 e. The number of aliphatic hydroxyl groups is 1. The predicted molar refractivity (Wildman–Crippen MR) is 132 cm³/mol. The zero-order valence-electron chi connectivity index (χ0n) is 17.8. The summed E-state index contributed by atoms with van der Waals surface area (Å²) in [6, 6.07) is 14.9. The number of benzene rings is 1. The van der Waals surface area contributed by atoms with Gasteiger partial charge in [0.05, 0.1) is 18.9 Å². The quantitative estimate of drug-likeness (QED) is 0.266. The monoisotopic (exact) mass is 526 g/mol. The molecule has 7 heteroatoms. The van der Waals surface area contributed by atoms with Crippen molar-refractivity contribution in [1.82, 2.24) is 15.5 Å². The summed E-state index contributed by atoms with van der Waals surface area (Å²) in [6.07, 6.45) is 5.48. The Balaban J connectivity index is 0.00000320. The predicted octanol–water partition coefficient (Wildman–Crippen LogP) is 3.41. The van der Waals surface area contributed by atoms with Crippen LogP contribution in [0.15, 0.2) is 58.1 Å². The molecular formula is C23H35IN4O2. The van der Waals surface area contributed by atoms with Crippen LogP contribution in [-0.2, 0) is 13.0 Å². The van der Waals surface area contributed by atoms with Crippen LogP contribution >= 0.6 is 24.0 Å². The molecule has 0 radical (unpaired) electrons. The van der Waals surface area contributed by atoms with E-state index >= 15 is 0 Å². The molecule has 3 rings (SSSR count). The number of hydrogen-bond acceptors (Lipinski definition) is 4. The molecule has 1 aliphatic rings. The minimum Gasteiger partial charge on any atom is -0.469 e. The Kier molecular flexibility index (Phi) is 11.2. The Morgan fingerprint density at radius 2 is 1.97 bits per heavy atom. The number of hydrogen-bond donors (Lipinski definition) is 3. The Labute approximate surface area is 197 Å². The first kappa shape index (κ1) is 24.7. The lowest BCUT2D eigenvalue weighted by atomic mass is 10.0. The van der Waals surface area contributed by atoms with Gasteiger partial charge in [-0.05, 0) is 37.0 Å². The van der Waals surface area contributed by atoms with Crippen molar-refractivity contribution >= 4 is 29.9 Å². The molecule has 2 heterocycles. The number of furan rings is 1. The van der Waals surface area contributed by atoms with Crippen molar-refractivity contribution in [2.45, 2.75) is 51.2 Å². The molecule has 3 N–H and O–H groups in total. The third-order valence-electron chi connectivity index (χ3n) is 5.44. The Hall–Kier alpha value is -1.58. The molecule has 1 aliphatic heterocycles. The van der Waals surface area contributed by atoms with Crippen LogP contribution in [0.3, 0.4) is 0 Å². The van der Waals surface area contributed by atoms with Gasteiger partial charge in [-0.15, -0.1) is 24.0 Å². The summed E-state index contributed by atoms with van der Waals surface area (Å²) < 4.78 is 5.39. The van der Waals surface area contributed by atoms with E-state index in [2.05, 4.69) is 52.8 Å². The standard InChI is InChI=1S/C23H34N4O2.HI/c1-2-20(18-28)25-23(24-13-10-22-9-6-16-29-22)26-21-11-14-27(15-12-21)17-19-7-4-3-5-8-19;/h3-9,16,20-21,28H,2,10-15,17-18H2,1H3,(H2,24,25,26);1H/t20-;/m1./s1. The minimum atomic E-state index is 0. The second kappa shape index (κ2) is 13.7. The SMILES string of the molecule is CC[C@H](CO)NC(=NCCc1ccco1)NC1CCN(Cc2ccccc2)CC1.I. The van der Waals surface area contributed by atoms with Crippen LogP contribution in [0.1, 0.15) is 37.5 Å². The maximum absolute atomic E-state index is 9.56. The van der Waals surface area contributed by atoms with Gasteiger partial charge in [0, 0.05) is 38.6 Å². The van der Waals surface area contributed by atoms with Gasteiger partial charge in [0.2, 0.25) is 0 Å². The number of nitrogens with one attached hydrogen (secondary N) is 2. The van der Waals surface area contributed by atoms with Crippen LogP contribution in [0, 0.1) is 0 Å². The number of rotatable bonds is 9. The van der Waals surface area contributed by atoms with E-state index in [0.29, 0.717) is 12.6 Å². The number of likely N-dealkylation sites (tertiary alicyclic amines) is 1. The van der Waals surface area contributed by atoms with Crippen LogP contribution in [-0.4, -0.2) is 54.3 Å².